The molecule has 1 aromatic heterocycles. The van der Waals surface area contributed by atoms with Crippen LogP contribution in [0.4, 0.5) is 5.69 Å². The highest BCUT2D eigenvalue weighted by Crippen LogP contribution is 2.35. The van der Waals surface area contributed by atoms with Gasteiger partial charge in [-0.2, -0.15) is 0 Å². The lowest BCUT2D eigenvalue weighted by Crippen LogP contribution is -2.09. The Kier molecular flexibility index (Phi) is 5.85. The molecule has 0 radical (unpaired) electrons. The second-order valence-corrected chi connectivity index (χ2v) is 9.53. The van der Waals surface area contributed by atoms with E-state index in [0.717, 1.165) is 11.1 Å². The summed E-state index contributed by atoms with van der Waals surface area (Å²) < 4.78 is 32.1. The predicted molar refractivity (Wildman–Crippen MR) is 124 cm³/mol. The molecular formula is C24H21ClN2O3S. The molecule has 4 aromatic rings. The quantitative estimate of drug-likeness (QED) is 0.409. The maximum atomic E-state index is 13.5. The lowest BCUT2D eigenvalue weighted by molar-refractivity contribution is 0.414. The molecule has 0 aliphatic rings. The molecule has 0 spiro atoms. The van der Waals surface area contributed by atoms with Crippen molar-refractivity contribution in [2.75, 3.05) is 12.4 Å². The Balaban J connectivity index is 1.83. The topological polar surface area (TPSA) is 68.3 Å². The molecular weight excluding hydrogens is 432 g/mol. The van der Waals surface area contributed by atoms with Crippen LogP contribution < -0.4 is 10.1 Å². The monoisotopic (exact) mass is 452 g/mol. The minimum Gasteiger partial charge on any atom is -0.497 e. The lowest BCUT2D eigenvalue weighted by Gasteiger charge is -2.16. The summed E-state index contributed by atoms with van der Waals surface area (Å²) in [5, 5.41) is 4.47. The maximum Gasteiger partial charge on any atom is 0.210 e. The van der Waals surface area contributed by atoms with Crippen LogP contribution in [0.2, 0.25) is 5.02 Å². The summed E-state index contributed by atoms with van der Waals surface area (Å²) >= 11 is 6.22. The van der Waals surface area contributed by atoms with Crippen LogP contribution in [0, 0.1) is 6.92 Å². The van der Waals surface area contributed by atoms with Gasteiger partial charge in [0.2, 0.25) is 9.84 Å². The van der Waals surface area contributed by atoms with Crippen molar-refractivity contribution in [2.45, 2.75) is 23.3 Å². The second-order valence-electron chi connectivity index (χ2n) is 7.18. The SMILES string of the molecule is COc1ccc(S(=O)(=O)c2cnc3ccc(Cl)cc3c2NCc2ccc(C)cc2)cc1. The molecule has 0 atom stereocenters. The Morgan fingerprint density at radius 1 is 1.00 bits per heavy atom. The summed E-state index contributed by atoms with van der Waals surface area (Å²) in [5.74, 6) is 0.583. The molecule has 31 heavy (non-hydrogen) atoms. The predicted octanol–water partition coefficient (Wildman–Crippen LogP) is 5.65. The molecule has 0 saturated heterocycles. The van der Waals surface area contributed by atoms with Crippen molar-refractivity contribution < 1.29 is 13.2 Å². The molecule has 4 rings (SSSR count). The molecule has 7 heteroatoms. The third-order valence-corrected chi connectivity index (χ3v) is 7.06. The number of anilines is 1. The van der Waals surface area contributed by atoms with E-state index >= 15 is 0 Å². The van der Waals surface area contributed by atoms with Crippen LogP contribution in [0.3, 0.4) is 0 Å². The lowest BCUT2D eigenvalue weighted by atomic mass is 10.1. The van der Waals surface area contributed by atoms with E-state index in [4.69, 9.17) is 16.3 Å². The number of aromatic nitrogens is 1. The van der Waals surface area contributed by atoms with Crippen molar-refractivity contribution in [3.63, 3.8) is 0 Å². The van der Waals surface area contributed by atoms with Gasteiger partial charge in [-0.25, -0.2) is 8.42 Å². The number of nitrogens with one attached hydrogen (secondary N) is 1. The third kappa shape index (κ3) is 4.36. The van der Waals surface area contributed by atoms with Gasteiger partial charge in [0.1, 0.15) is 10.6 Å². The van der Waals surface area contributed by atoms with Gasteiger partial charge in [0.15, 0.2) is 0 Å². The van der Waals surface area contributed by atoms with Gasteiger partial charge in [-0.1, -0.05) is 41.4 Å². The summed E-state index contributed by atoms with van der Waals surface area (Å²) in [7, 11) is -2.30. The molecule has 0 aliphatic heterocycles. The van der Waals surface area contributed by atoms with E-state index in [0.29, 0.717) is 33.9 Å². The molecule has 5 nitrogen and oxygen atoms in total. The highest BCUT2D eigenvalue weighted by atomic mass is 35.5. The number of benzene rings is 3. The molecule has 0 amide bonds. The van der Waals surface area contributed by atoms with Crippen LogP contribution in [0.1, 0.15) is 11.1 Å². The fourth-order valence-electron chi connectivity index (χ4n) is 3.31. The smallest absolute Gasteiger partial charge is 0.210 e. The first kappa shape index (κ1) is 21.2. The Hall–Kier alpha value is -3.09. The number of hydrogen-bond acceptors (Lipinski definition) is 5. The Morgan fingerprint density at radius 2 is 1.71 bits per heavy atom. The molecule has 1 heterocycles. The molecule has 3 aromatic carbocycles. The number of nitrogens with zero attached hydrogens (tertiary/aromatic N) is 1. The standard InChI is InChI=1S/C24H21ClN2O3S/c1-16-3-5-17(6-4-16)14-27-24-21-13-18(25)7-12-22(21)26-15-23(24)31(28,29)20-10-8-19(30-2)9-11-20/h3-13,15H,14H2,1-2H3,(H,26,27). The van der Waals surface area contributed by atoms with Gasteiger partial charge in [-0.05, 0) is 55.0 Å². The fourth-order valence-corrected chi connectivity index (χ4v) is 4.87. The zero-order valence-electron chi connectivity index (χ0n) is 17.1. The highest BCUT2D eigenvalue weighted by molar-refractivity contribution is 7.91. The Morgan fingerprint density at radius 3 is 2.39 bits per heavy atom. The number of aryl methyl sites for hydroxylation is 1. The van der Waals surface area contributed by atoms with Gasteiger partial charge in [-0.3, -0.25) is 4.98 Å². The van der Waals surface area contributed by atoms with Crippen molar-refractivity contribution in [1.29, 1.82) is 0 Å². The van der Waals surface area contributed by atoms with Gasteiger partial charge in [-0.15, -0.1) is 0 Å². The molecule has 0 unspecified atom stereocenters. The molecule has 0 bridgehead atoms. The van der Waals surface area contributed by atoms with Crippen molar-refractivity contribution in [3.05, 3.63) is 89.1 Å². The van der Waals surface area contributed by atoms with Crippen molar-refractivity contribution in [2.24, 2.45) is 0 Å². The summed E-state index contributed by atoms with van der Waals surface area (Å²) in [6.07, 6.45) is 1.40. The van der Waals surface area contributed by atoms with Gasteiger partial charge < -0.3 is 10.1 Å². The van der Waals surface area contributed by atoms with E-state index < -0.39 is 9.84 Å². The molecule has 158 valence electrons. The van der Waals surface area contributed by atoms with Gasteiger partial charge >= 0.3 is 0 Å². The molecule has 0 aliphatic carbocycles. The largest absolute Gasteiger partial charge is 0.497 e. The first-order chi connectivity index (χ1) is 14.9. The van der Waals surface area contributed by atoms with Crippen LogP contribution in [0.25, 0.3) is 10.9 Å². The minimum absolute atomic E-state index is 0.0968. The van der Waals surface area contributed by atoms with E-state index in [1.807, 2.05) is 31.2 Å². The summed E-state index contributed by atoms with van der Waals surface area (Å²) in [5.41, 5.74) is 3.33. The normalized spacial score (nSPS) is 11.5. The zero-order valence-corrected chi connectivity index (χ0v) is 18.7. The van der Waals surface area contributed by atoms with Crippen LogP contribution in [-0.4, -0.2) is 20.5 Å². The van der Waals surface area contributed by atoms with Gasteiger partial charge in [0, 0.05) is 23.2 Å². The number of hydrogen-bond donors (Lipinski definition) is 1. The fraction of sp³-hybridized carbons (Fsp3) is 0.125. The van der Waals surface area contributed by atoms with E-state index in [2.05, 4.69) is 10.3 Å². The van der Waals surface area contributed by atoms with Gasteiger partial charge in [0.25, 0.3) is 0 Å². The molecule has 1 N–H and O–H groups in total. The Labute approximate surface area is 186 Å². The minimum atomic E-state index is -3.83. The van der Waals surface area contributed by atoms with Crippen molar-refractivity contribution in [1.82, 2.24) is 4.98 Å². The van der Waals surface area contributed by atoms with Crippen LogP contribution >= 0.6 is 11.6 Å². The number of fused-ring (bicyclic) bond motifs is 1. The number of halogens is 1. The average Bonchev–Trinajstić information content (AvgIpc) is 2.78. The highest BCUT2D eigenvalue weighted by Gasteiger charge is 2.24. The van der Waals surface area contributed by atoms with Crippen LogP contribution in [0.15, 0.2) is 82.7 Å². The number of methoxy groups -OCH3 is 1. The van der Waals surface area contributed by atoms with E-state index in [1.54, 1.807) is 30.3 Å². The summed E-state index contributed by atoms with van der Waals surface area (Å²) in [6, 6.07) is 19.6. The second kappa shape index (κ2) is 8.57. The van der Waals surface area contributed by atoms with E-state index in [1.165, 1.54) is 25.4 Å². The number of rotatable bonds is 6. The molecule has 0 saturated carbocycles. The first-order valence-corrected chi connectivity index (χ1v) is 11.5. The van der Waals surface area contributed by atoms with Crippen LogP contribution in [-0.2, 0) is 16.4 Å². The maximum absolute atomic E-state index is 13.5. The summed E-state index contributed by atoms with van der Waals surface area (Å²) in [4.78, 5) is 4.63. The molecule has 0 fully saturated rings. The van der Waals surface area contributed by atoms with Crippen molar-refractivity contribution in [3.8, 4) is 5.75 Å². The van der Waals surface area contributed by atoms with Gasteiger partial charge in [0.05, 0.1) is 23.2 Å². The summed E-state index contributed by atoms with van der Waals surface area (Å²) in [6.45, 7) is 2.48. The first-order valence-electron chi connectivity index (χ1n) is 9.65. The number of pyridine rings is 1. The number of sulfone groups is 1. The van der Waals surface area contributed by atoms with Crippen molar-refractivity contribution >= 4 is 38.0 Å². The van der Waals surface area contributed by atoms with Crippen LogP contribution in [0.5, 0.6) is 5.75 Å². The third-order valence-electron chi connectivity index (χ3n) is 5.04. The Bertz CT molecular complexity index is 1340. The van der Waals surface area contributed by atoms with E-state index in [9.17, 15) is 8.42 Å². The zero-order chi connectivity index (χ0) is 22.0. The van der Waals surface area contributed by atoms with E-state index in [-0.39, 0.29) is 9.79 Å². The number of ether oxygens (including phenoxy) is 1. The average molecular weight is 453 g/mol.